The van der Waals surface area contributed by atoms with Gasteiger partial charge in [0.05, 0.1) is 10.6 Å². The number of ether oxygens (including phenoxy) is 1. The Morgan fingerprint density at radius 3 is 2.43 bits per heavy atom. The van der Waals surface area contributed by atoms with Gasteiger partial charge in [0.1, 0.15) is 11.3 Å². The van der Waals surface area contributed by atoms with Gasteiger partial charge in [0, 0.05) is 11.8 Å². The molecule has 2 aromatic heterocycles. The second kappa shape index (κ2) is 8.88. The standard InChI is InChI=1S/C24H20N2O3S/c1-2-17-10-12-18(13-11-17)21(27)16-29-24(28)20-15-26(19-7-4-3-5-8-19)25-23(20)22-9-6-14-30-22/h3-15H,2,16H2,1H3. The summed E-state index contributed by atoms with van der Waals surface area (Å²) in [6.45, 7) is 1.74. The third kappa shape index (κ3) is 4.23. The predicted octanol–water partition coefficient (Wildman–Crippen LogP) is 5.20. The van der Waals surface area contributed by atoms with Crippen molar-refractivity contribution in [3.8, 4) is 16.3 Å². The van der Waals surface area contributed by atoms with Crippen LogP contribution < -0.4 is 0 Å². The first-order chi connectivity index (χ1) is 14.7. The molecule has 4 aromatic rings. The van der Waals surface area contributed by atoms with Crippen LogP contribution in [-0.4, -0.2) is 28.1 Å². The number of nitrogens with zero attached hydrogens (tertiary/aromatic N) is 2. The van der Waals surface area contributed by atoms with Gasteiger partial charge in [-0.3, -0.25) is 4.79 Å². The van der Waals surface area contributed by atoms with Crippen molar-refractivity contribution in [1.82, 2.24) is 9.78 Å². The molecule has 5 nitrogen and oxygen atoms in total. The van der Waals surface area contributed by atoms with Crippen LogP contribution in [0.1, 0.15) is 33.2 Å². The normalized spacial score (nSPS) is 10.7. The van der Waals surface area contributed by atoms with Gasteiger partial charge in [0.25, 0.3) is 0 Å². The van der Waals surface area contributed by atoms with E-state index in [0.29, 0.717) is 16.8 Å². The maximum absolute atomic E-state index is 12.8. The Labute approximate surface area is 178 Å². The minimum atomic E-state index is -0.570. The van der Waals surface area contributed by atoms with Crippen molar-refractivity contribution in [1.29, 1.82) is 0 Å². The molecule has 4 rings (SSSR count). The molecule has 0 atom stereocenters. The Kier molecular flexibility index (Phi) is 5.86. The van der Waals surface area contributed by atoms with Crippen molar-refractivity contribution in [3.63, 3.8) is 0 Å². The van der Waals surface area contributed by atoms with E-state index in [2.05, 4.69) is 12.0 Å². The lowest BCUT2D eigenvalue weighted by atomic mass is 10.1. The molecule has 6 heteroatoms. The van der Waals surface area contributed by atoms with E-state index < -0.39 is 5.97 Å². The van der Waals surface area contributed by atoms with Gasteiger partial charge in [-0.2, -0.15) is 5.10 Å². The number of ketones is 1. The van der Waals surface area contributed by atoms with E-state index in [-0.39, 0.29) is 12.4 Å². The van der Waals surface area contributed by atoms with Crippen molar-refractivity contribution in [2.45, 2.75) is 13.3 Å². The van der Waals surface area contributed by atoms with E-state index in [1.807, 2.05) is 60.0 Å². The van der Waals surface area contributed by atoms with Gasteiger partial charge in [-0.15, -0.1) is 11.3 Å². The molecule has 0 aliphatic carbocycles. The number of benzene rings is 2. The van der Waals surface area contributed by atoms with Gasteiger partial charge >= 0.3 is 5.97 Å². The van der Waals surface area contributed by atoms with Crippen molar-refractivity contribution in [2.24, 2.45) is 0 Å². The number of para-hydroxylation sites is 1. The summed E-state index contributed by atoms with van der Waals surface area (Å²) in [7, 11) is 0. The van der Waals surface area contributed by atoms with E-state index in [1.165, 1.54) is 11.3 Å². The number of Topliss-reactive ketones (excluding diaryl/α,β-unsaturated/α-hetero) is 1. The first-order valence-corrected chi connectivity index (χ1v) is 10.5. The molecule has 0 radical (unpaired) electrons. The molecule has 0 fully saturated rings. The van der Waals surface area contributed by atoms with Crippen LogP contribution in [0, 0.1) is 0 Å². The number of carbonyl (C=O) groups is 2. The Morgan fingerprint density at radius 1 is 1.00 bits per heavy atom. The van der Waals surface area contributed by atoms with Gasteiger partial charge in [-0.05, 0) is 35.6 Å². The first kappa shape index (κ1) is 19.8. The van der Waals surface area contributed by atoms with Crippen LogP contribution in [0.25, 0.3) is 16.3 Å². The molecule has 0 aliphatic heterocycles. The molecule has 0 saturated heterocycles. The maximum Gasteiger partial charge on any atom is 0.342 e. The van der Waals surface area contributed by atoms with Crippen LogP contribution >= 0.6 is 11.3 Å². The summed E-state index contributed by atoms with van der Waals surface area (Å²) in [6.07, 6.45) is 2.55. The number of aryl methyl sites for hydroxylation is 1. The molecule has 2 aromatic carbocycles. The number of esters is 1. The maximum atomic E-state index is 12.8. The number of rotatable bonds is 7. The van der Waals surface area contributed by atoms with Crippen LogP contribution in [-0.2, 0) is 11.2 Å². The Bertz CT molecular complexity index is 1150. The van der Waals surface area contributed by atoms with Crippen LogP contribution in [0.2, 0.25) is 0 Å². The zero-order valence-corrected chi connectivity index (χ0v) is 17.3. The monoisotopic (exact) mass is 416 g/mol. The van der Waals surface area contributed by atoms with E-state index in [9.17, 15) is 9.59 Å². The highest BCUT2D eigenvalue weighted by molar-refractivity contribution is 7.13. The average Bonchev–Trinajstić information content (AvgIpc) is 3.48. The van der Waals surface area contributed by atoms with Gasteiger partial charge in [-0.25, -0.2) is 9.48 Å². The van der Waals surface area contributed by atoms with Crippen LogP contribution in [0.3, 0.4) is 0 Å². The molecule has 0 bridgehead atoms. The summed E-state index contributed by atoms with van der Waals surface area (Å²) in [4.78, 5) is 26.1. The second-order valence-electron chi connectivity index (χ2n) is 6.70. The number of thiophene rings is 1. The fraction of sp³-hybridized carbons (Fsp3) is 0.125. The topological polar surface area (TPSA) is 61.2 Å². The quantitative estimate of drug-likeness (QED) is 0.307. The molecule has 0 N–H and O–H groups in total. The van der Waals surface area contributed by atoms with E-state index >= 15 is 0 Å². The molecular weight excluding hydrogens is 396 g/mol. The third-order valence-corrected chi connectivity index (χ3v) is 5.60. The number of hydrogen-bond acceptors (Lipinski definition) is 5. The first-order valence-electron chi connectivity index (χ1n) is 9.64. The van der Waals surface area contributed by atoms with Crippen LogP contribution in [0.5, 0.6) is 0 Å². The van der Waals surface area contributed by atoms with Crippen LogP contribution in [0.15, 0.2) is 78.3 Å². The summed E-state index contributed by atoms with van der Waals surface area (Å²) in [5.74, 6) is -0.807. The number of hydrogen-bond donors (Lipinski definition) is 0. The average molecular weight is 417 g/mol. The third-order valence-electron chi connectivity index (χ3n) is 4.73. The fourth-order valence-corrected chi connectivity index (χ4v) is 3.77. The highest BCUT2D eigenvalue weighted by atomic mass is 32.1. The zero-order chi connectivity index (χ0) is 20.9. The molecule has 0 aliphatic rings. The fourth-order valence-electron chi connectivity index (χ4n) is 3.05. The minimum Gasteiger partial charge on any atom is -0.454 e. The largest absolute Gasteiger partial charge is 0.454 e. The molecule has 0 unspecified atom stereocenters. The van der Waals surface area contributed by atoms with E-state index in [1.54, 1.807) is 23.0 Å². The van der Waals surface area contributed by atoms with Crippen molar-refractivity contribution >= 4 is 23.1 Å². The van der Waals surface area contributed by atoms with Crippen molar-refractivity contribution in [2.75, 3.05) is 6.61 Å². The lowest BCUT2D eigenvalue weighted by Gasteiger charge is -2.05. The highest BCUT2D eigenvalue weighted by Crippen LogP contribution is 2.28. The second-order valence-corrected chi connectivity index (χ2v) is 7.65. The number of carbonyl (C=O) groups excluding carboxylic acids is 2. The Balaban J connectivity index is 1.55. The molecule has 2 heterocycles. The van der Waals surface area contributed by atoms with Gasteiger partial charge in [0.2, 0.25) is 0 Å². The zero-order valence-electron chi connectivity index (χ0n) is 16.4. The van der Waals surface area contributed by atoms with Crippen molar-refractivity contribution < 1.29 is 14.3 Å². The molecule has 30 heavy (non-hydrogen) atoms. The molecule has 0 saturated carbocycles. The summed E-state index contributed by atoms with van der Waals surface area (Å²) >= 11 is 1.49. The summed E-state index contributed by atoms with van der Waals surface area (Å²) < 4.78 is 7.00. The van der Waals surface area contributed by atoms with Gasteiger partial charge < -0.3 is 4.74 Å². The number of aromatic nitrogens is 2. The Hall–Kier alpha value is -3.51. The van der Waals surface area contributed by atoms with E-state index in [4.69, 9.17) is 4.74 Å². The van der Waals surface area contributed by atoms with Crippen molar-refractivity contribution in [3.05, 3.63) is 95.0 Å². The van der Waals surface area contributed by atoms with Gasteiger partial charge in [0.15, 0.2) is 12.4 Å². The van der Waals surface area contributed by atoms with Gasteiger partial charge in [-0.1, -0.05) is 55.5 Å². The molecule has 0 amide bonds. The summed E-state index contributed by atoms with van der Waals surface area (Å²) in [6, 6.07) is 20.7. The summed E-state index contributed by atoms with van der Waals surface area (Å²) in [5.41, 5.74) is 3.38. The highest BCUT2D eigenvalue weighted by Gasteiger charge is 2.21. The minimum absolute atomic E-state index is 0.237. The predicted molar refractivity (Wildman–Crippen MR) is 117 cm³/mol. The lowest BCUT2D eigenvalue weighted by Crippen LogP contribution is -2.14. The molecule has 0 spiro atoms. The smallest absolute Gasteiger partial charge is 0.342 e. The molecule has 150 valence electrons. The summed E-state index contributed by atoms with van der Waals surface area (Å²) in [5, 5.41) is 6.52. The molecular formula is C24H20N2O3S. The SMILES string of the molecule is CCc1ccc(C(=O)COC(=O)c2cn(-c3ccccc3)nc2-c2cccs2)cc1. The lowest BCUT2D eigenvalue weighted by molar-refractivity contribution is 0.0475. The van der Waals surface area contributed by atoms with E-state index in [0.717, 1.165) is 22.5 Å². The van der Waals surface area contributed by atoms with Crippen LogP contribution in [0.4, 0.5) is 0 Å². The Morgan fingerprint density at radius 2 is 1.77 bits per heavy atom.